The third-order valence-electron chi connectivity index (χ3n) is 5.30. The maximum Gasteiger partial charge on any atom is 0.242 e. The first-order chi connectivity index (χ1) is 17.1. The second kappa shape index (κ2) is 10.3. The molecule has 0 saturated heterocycles. The van der Waals surface area contributed by atoms with Gasteiger partial charge in [-0.15, -0.1) is 0 Å². The van der Waals surface area contributed by atoms with Crippen molar-refractivity contribution >= 4 is 17.5 Å². The number of ketones is 1. The van der Waals surface area contributed by atoms with Gasteiger partial charge in [0.15, 0.2) is 11.6 Å². The lowest BCUT2D eigenvalue weighted by Gasteiger charge is -2.11. The van der Waals surface area contributed by atoms with E-state index < -0.39 is 12.8 Å². The number of rotatable bonds is 9. The maximum absolute atomic E-state index is 13.4. The smallest absolute Gasteiger partial charge is 0.242 e. The van der Waals surface area contributed by atoms with Gasteiger partial charge in [0.25, 0.3) is 0 Å². The molecule has 12 heteroatoms. The first-order valence-corrected chi connectivity index (χ1v) is 11.3. The number of aromatic nitrogens is 7. The molecule has 0 spiro atoms. The molecule has 4 aromatic rings. The molecule has 0 fully saturated rings. The van der Waals surface area contributed by atoms with Gasteiger partial charge in [-0.3, -0.25) is 9.48 Å². The van der Waals surface area contributed by atoms with Crippen molar-refractivity contribution in [1.82, 2.24) is 34.9 Å². The van der Waals surface area contributed by atoms with Gasteiger partial charge in [0, 0.05) is 43.1 Å². The highest BCUT2D eigenvalue weighted by Gasteiger charge is 2.24. The van der Waals surface area contributed by atoms with Gasteiger partial charge in [-0.1, -0.05) is 38.1 Å². The molecule has 1 aromatic carbocycles. The molecule has 0 unspecified atom stereocenters. The fourth-order valence-electron chi connectivity index (χ4n) is 3.46. The Bertz CT molecular complexity index is 1360. The quantitative estimate of drug-likeness (QED) is 0.337. The highest BCUT2D eigenvalue weighted by atomic mass is 19.3. The van der Waals surface area contributed by atoms with E-state index in [1.807, 2.05) is 20.8 Å². The number of nitrogens with one attached hydrogen (secondary N) is 1. The predicted octanol–water partition coefficient (Wildman–Crippen LogP) is 4.32. The molecule has 0 saturated carbocycles. The van der Waals surface area contributed by atoms with Crippen LogP contribution in [0.25, 0.3) is 11.4 Å². The van der Waals surface area contributed by atoms with Crippen LogP contribution in [0.5, 0.6) is 0 Å². The minimum atomic E-state index is -2.55. The molecule has 4 rings (SSSR count). The molecule has 0 bridgehead atoms. The van der Waals surface area contributed by atoms with Crippen LogP contribution in [-0.2, 0) is 25.3 Å². The van der Waals surface area contributed by atoms with Crippen molar-refractivity contribution in [2.45, 2.75) is 51.9 Å². The predicted molar refractivity (Wildman–Crippen MR) is 127 cm³/mol. The summed E-state index contributed by atoms with van der Waals surface area (Å²) in [4.78, 5) is 29.4. The summed E-state index contributed by atoms with van der Waals surface area (Å²) in [5, 5.41) is 11.0. The Morgan fingerprint density at radius 3 is 2.61 bits per heavy atom. The van der Waals surface area contributed by atoms with E-state index in [0.717, 1.165) is 0 Å². The van der Waals surface area contributed by atoms with E-state index in [1.54, 1.807) is 42.2 Å². The number of aryl methyl sites for hydroxylation is 2. The van der Waals surface area contributed by atoms with Crippen LogP contribution in [0.2, 0.25) is 0 Å². The molecule has 36 heavy (non-hydrogen) atoms. The number of hydrogen-bond acceptors (Lipinski definition) is 9. The van der Waals surface area contributed by atoms with Crippen molar-refractivity contribution in [3.05, 3.63) is 59.6 Å². The summed E-state index contributed by atoms with van der Waals surface area (Å²) in [5.74, 6) is 1.20. The number of benzene rings is 1. The van der Waals surface area contributed by atoms with Crippen molar-refractivity contribution in [2.24, 2.45) is 7.05 Å². The maximum atomic E-state index is 13.4. The lowest BCUT2D eigenvalue weighted by atomic mass is 9.96. The molecule has 0 atom stereocenters. The second-order valence-corrected chi connectivity index (χ2v) is 9.31. The Morgan fingerprint density at radius 1 is 1.14 bits per heavy atom. The van der Waals surface area contributed by atoms with Crippen molar-refractivity contribution < 1.29 is 18.1 Å². The summed E-state index contributed by atoms with van der Waals surface area (Å²) in [7, 11) is 1.79. The van der Waals surface area contributed by atoms with Gasteiger partial charge in [0.1, 0.15) is 6.33 Å². The molecule has 1 N–H and O–H groups in total. The van der Waals surface area contributed by atoms with Crippen molar-refractivity contribution in [1.29, 1.82) is 0 Å². The van der Waals surface area contributed by atoms with Crippen molar-refractivity contribution in [3.63, 3.8) is 0 Å². The third kappa shape index (κ3) is 6.12. The average molecular weight is 497 g/mol. The van der Waals surface area contributed by atoms with Gasteiger partial charge in [0.05, 0.1) is 0 Å². The number of Topliss-reactive ketones (excluding diaryl/α,β-unsaturated/α-hetero) is 1. The molecule has 0 amide bonds. The van der Waals surface area contributed by atoms with Crippen LogP contribution in [0.1, 0.15) is 54.8 Å². The van der Waals surface area contributed by atoms with Crippen LogP contribution in [-0.4, -0.2) is 47.1 Å². The zero-order valence-electron chi connectivity index (χ0n) is 20.4. The Kier molecular flexibility index (Phi) is 7.13. The fourth-order valence-corrected chi connectivity index (χ4v) is 3.46. The number of carbonyl (C=O) groups excluding carboxylic acids is 1. The molecule has 3 heterocycles. The highest BCUT2D eigenvalue weighted by molar-refractivity contribution is 5.92. The first-order valence-electron chi connectivity index (χ1n) is 11.3. The number of hydrogen-bond donors (Lipinski definition) is 1. The minimum absolute atomic E-state index is 0.00919. The number of alkyl halides is 2. The van der Waals surface area contributed by atoms with Gasteiger partial charge in [0.2, 0.25) is 29.9 Å². The van der Waals surface area contributed by atoms with E-state index in [9.17, 15) is 13.6 Å². The van der Waals surface area contributed by atoms with E-state index >= 15 is 0 Å². The van der Waals surface area contributed by atoms with E-state index in [0.29, 0.717) is 34.2 Å². The summed E-state index contributed by atoms with van der Waals surface area (Å²) in [6.45, 7) is 5.70. The zero-order valence-corrected chi connectivity index (χ0v) is 20.4. The zero-order chi connectivity index (χ0) is 25.9. The topological polar surface area (TPSA) is 125 Å². The number of halogens is 2. The fraction of sp³-hybridized carbons (Fsp3) is 0.375. The summed E-state index contributed by atoms with van der Waals surface area (Å²) in [5.41, 5.74) is 1.22. The van der Waals surface area contributed by atoms with Crippen molar-refractivity contribution in [3.8, 4) is 11.4 Å². The van der Waals surface area contributed by atoms with Gasteiger partial charge in [-0.05, 0) is 23.6 Å². The van der Waals surface area contributed by atoms with Crippen molar-refractivity contribution in [2.75, 3.05) is 5.32 Å². The SMILES string of the molecule is Cn1ccc(Nc2ncnc(-c3ccc(CCC(=O)c4noc(C(C)(C)C)n4)c(CC(F)F)c3)n2)n1. The molecule has 0 aliphatic rings. The molecular formula is C24H26F2N8O2. The van der Waals surface area contributed by atoms with E-state index in [2.05, 4.69) is 35.5 Å². The molecule has 0 radical (unpaired) electrons. The Hall–Kier alpha value is -4.09. The highest BCUT2D eigenvalue weighted by Crippen LogP contribution is 2.25. The average Bonchev–Trinajstić information content (AvgIpc) is 3.47. The summed E-state index contributed by atoms with van der Waals surface area (Å²) < 4.78 is 33.5. The number of carbonyl (C=O) groups is 1. The molecule has 188 valence electrons. The van der Waals surface area contributed by atoms with Crippen LogP contribution < -0.4 is 5.32 Å². The Morgan fingerprint density at radius 2 is 1.94 bits per heavy atom. The van der Waals surface area contributed by atoms with E-state index in [1.165, 1.54) is 6.33 Å². The summed E-state index contributed by atoms with van der Waals surface area (Å²) in [6, 6.07) is 6.84. The lowest BCUT2D eigenvalue weighted by Crippen LogP contribution is -2.12. The summed E-state index contributed by atoms with van der Waals surface area (Å²) in [6.07, 6.45) is 0.405. The Balaban J connectivity index is 1.52. The van der Waals surface area contributed by atoms with Crippen LogP contribution >= 0.6 is 0 Å². The van der Waals surface area contributed by atoms with E-state index in [-0.39, 0.29) is 35.8 Å². The number of anilines is 2. The second-order valence-electron chi connectivity index (χ2n) is 9.31. The largest absolute Gasteiger partial charge is 0.338 e. The van der Waals surface area contributed by atoms with Gasteiger partial charge >= 0.3 is 0 Å². The monoisotopic (exact) mass is 496 g/mol. The van der Waals surface area contributed by atoms with Crippen LogP contribution in [0, 0.1) is 0 Å². The van der Waals surface area contributed by atoms with E-state index in [4.69, 9.17) is 4.52 Å². The van der Waals surface area contributed by atoms with Crippen LogP contribution in [0.15, 0.2) is 41.3 Å². The standard InChI is InChI=1S/C24H26F2N8O2/c1-24(2,3)22-30-21(33-36-22)17(35)8-7-14-5-6-15(11-16(14)12-18(25)26)20-27-13-28-23(31-20)29-19-9-10-34(4)32-19/h5-6,9-11,13,18H,7-8,12H2,1-4H3,(H,27,28,29,31,32). The molecule has 0 aliphatic heterocycles. The van der Waals surface area contributed by atoms with Crippen LogP contribution in [0.4, 0.5) is 20.5 Å². The van der Waals surface area contributed by atoms with Crippen LogP contribution in [0.3, 0.4) is 0 Å². The third-order valence-corrected chi connectivity index (χ3v) is 5.30. The number of nitrogens with zero attached hydrogens (tertiary/aromatic N) is 7. The molecule has 3 aromatic heterocycles. The summed E-state index contributed by atoms with van der Waals surface area (Å²) >= 11 is 0. The molecular weight excluding hydrogens is 470 g/mol. The Labute approximate surface area is 206 Å². The molecule has 10 nitrogen and oxygen atoms in total. The normalized spacial score (nSPS) is 11.8. The minimum Gasteiger partial charge on any atom is -0.338 e. The van der Waals surface area contributed by atoms with Gasteiger partial charge < -0.3 is 9.84 Å². The first kappa shape index (κ1) is 25.0. The molecule has 0 aliphatic carbocycles. The van der Waals surface area contributed by atoms with Gasteiger partial charge in [-0.25, -0.2) is 18.7 Å². The van der Waals surface area contributed by atoms with Gasteiger partial charge in [-0.2, -0.15) is 15.1 Å². The lowest BCUT2D eigenvalue weighted by molar-refractivity contribution is 0.0970.